The molecule has 0 saturated carbocycles. The van der Waals surface area contributed by atoms with Gasteiger partial charge in [0.15, 0.2) is 0 Å². The molecule has 2 aromatic heterocycles. The fourth-order valence-corrected chi connectivity index (χ4v) is 3.74. The molecule has 0 amide bonds. The number of hydrogen-bond acceptors (Lipinski definition) is 6. The Balaban J connectivity index is 1.65. The zero-order chi connectivity index (χ0) is 19.7. The second-order valence-corrected chi connectivity index (χ2v) is 7.95. The molecule has 1 aromatic carbocycles. The Morgan fingerprint density at radius 1 is 1.25 bits per heavy atom. The van der Waals surface area contributed by atoms with Gasteiger partial charge in [0.05, 0.1) is 36.5 Å². The van der Waals surface area contributed by atoms with Crippen LogP contribution in [0.4, 0.5) is 11.5 Å². The fraction of sp³-hybridized carbons (Fsp3) is 0.300. The number of halogens is 1. The van der Waals surface area contributed by atoms with Crippen LogP contribution in [-0.2, 0) is 4.74 Å². The molecule has 0 spiro atoms. The van der Waals surface area contributed by atoms with Crippen LogP contribution in [0, 0.1) is 9.11 Å². The van der Waals surface area contributed by atoms with E-state index in [1.54, 1.807) is 6.07 Å². The van der Waals surface area contributed by atoms with Gasteiger partial charge in [-0.2, -0.15) is 5.41 Å². The quantitative estimate of drug-likeness (QED) is 0.256. The number of pyridine rings is 1. The van der Waals surface area contributed by atoms with Crippen molar-refractivity contribution in [2.75, 3.05) is 36.9 Å². The number of nitrogen functional groups attached to an aromatic ring is 1. The normalized spacial score (nSPS) is 15.6. The summed E-state index contributed by atoms with van der Waals surface area (Å²) >= 11 is 2.12. The van der Waals surface area contributed by atoms with Gasteiger partial charge in [-0.15, -0.1) is 4.68 Å². The summed E-state index contributed by atoms with van der Waals surface area (Å²) in [6.45, 7) is 5.24. The van der Waals surface area contributed by atoms with Crippen molar-refractivity contribution in [1.82, 2.24) is 10.1 Å². The highest BCUT2D eigenvalue weighted by atomic mass is 127. The summed E-state index contributed by atoms with van der Waals surface area (Å²) in [5.74, 6) is 0.636. The Morgan fingerprint density at radius 2 is 2.04 bits per heavy atom. The van der Waals surface area contributed by atoms with Gasteiger partial charge in [0.2, 0.25) is 5.82 Å². The van der Waals surface area contributed by atoms with Crippen molar-refractivity contribution in [3.05, 3.63) is 51.9 Å². The first-order chi connectivity index (χ1) is 13.5. The molecule has 1 saturated heterocycles. The molecule has 144 valence electrons. The van der Waals surface area contributed by atoms with E-state index in [1.165, 1.54) is 4.68 Å². The van der Waals surface area contributed by atoms with Crippen molar-refractivity contribution in [1.29, 1.82) is 5.41 Å². The van der Waals surface area contributed by atoms with Crippen molar-refractivity contribution >= 4 is 50.8 Å². The Bertz CT molecular complexity index is 1030. The van der Waals surface area contributed by atoms with E-state index in [9.17, 15) is 0 Å². The van der Waals surface area contributed by atoms with Crippen LogP contribution in [0.2, 0.25) is 0 Å². The lowest BCUT2D eigenvalue weighted by Gasteiger charge is -2.28. The molecule has 28 heavy (non-hydrogen) atoms. The van der Waals surface area contributed by atoms with Gasteiger partial charge in [-0.05, 0) is 59.3 Å². The molecular weight excluding hydrogens is 467 g/mol. The van der Waals surface area contributed by atoms with Crippen molar-refractivity contribution in [2.24, 2.45) is 0 Å². The van der Waals surface area contributed by atoms with Gasteiger partial charge in [-0.25, -0.2) is 0 Å². The molecule has 1 aliphatic rings. The van der Waals surface area contributed by atoms with Crippen LogP contribution in [0.25, 0.3) is 10.9 Å². The van der Waals surface area contributed by atoms with Crippen molar-refractivity contribution < 1.29 is 9.42 Å². The number of ether oxygens (including phenoxy) is 1. The van der Waals surface area contributed by atoms with Gasteiger partial charge in [0, 0.05) is 24.5 Å². The standard InChI is InChI=1S/C20H21IN6O/c1-13(20(23)27-19(22)5-4-18(21)25-27)14-2-3-17-15(10-14)11-16(12-24-17)26-6-8-28-9-7-26/h2-5,10-13,22-23H,6-9H2,1H3/p+1. The molecule has 3 heterocycles. The number of nitrogens with one attached hydrogen (secondary N) is 1. The highest BCUT2D eigenvalue weighted by Gasteiger charge is 2.22. The van der Waals surface area contributed by atoms with E-state index in [0.29, 0.717) is 11.7 Å². The van der Waals surface area contributed by atoms with Gasteiger partial charge in [0.1, 0.15) is 3.70 Å². The van der Waals surface area contributed by atoms with Gasteiger partial charge < -0.3 is 15.4 Å². The number of benzene rings is 1. The van der Waals surface area contributed by atoms with Crippen LogP contribution in [0.15, 0.2) is 42.6 Å². The second-order valence-electron chi connectivity index (χ2n) is 6.84. The topological polar surface area (TPSA) is 92.0 Å². The molecule has 0 radical (unpaired) electrons. The van der Waals surface area contributed by atoms with Crippen LogP contribution < -0.4 is 15.3 Å². The maximum atomic E-state index is 8.60. The lowest BCUT2D eigenvalue weighted by Crippen LogP contribution is -2.51. The Hall–Kier alpha value is -2.33. The molecular formula is C20H22IN6O+. The molecule has 3 N–H and O–H groups in total. The van der Waals surface area contributed by atoms with Gasteiger partial charge >= 0.3 is 0 Å². The molecule has 3 aromatic rings. The second kappa shape index (κ2) is 7.96. The minimum Gasteiger partial charge on any atom is -0.378 e. The highest BCUT2D eigenvalue weighted by molar-refractivity contribution is 14.1. The first-order valence-corrected chi connectivity index (χ1v) is 10.3. The van der Waals surface area contributed by atoms with Crippen LogP contribution >= 0.6 is 22.6 Å². The monoisotopic (exact) mass is 489 g/mol. The van der Waals surface area contributed by atoms with Gasteiger partial charge in [-0.3, -0.25) is 4.98 Å². The van der Waals surface area contributed by atoms with E-state index in [0.717, 1.165) is 52.2 Å². The minimum absolute atomic E-state index is 0.158. The molecule has 1 unspecified atom stereocenters. The molecule has 1 aliphatic heterocycles. The Kier molecular flexibility index (Phi) is 5.40. The van der Waals surface area contributed by atoms with Crippen molar-refractivity contribution in [3.63, 3.8) is 0 Å². The smallest absolute Gasteiger partial charge is 0.261 e. The summed E-state index contributed by atoms with van der Waals surface area (Å²) in [6, 6.07) is 11.9. The van der Waals surface area contributed by atoms with E-state index in [2.05, 4.69) is 49.7 Å². The number of rotatable bonds is 3. The molecule has 0 bridgehead atoms. The third-order valence-electron chi connectivity index (χ3n) is 5.04. The maximum absolute atomic E-state index is 8.60. The number of anilines is 2. The lowest BCUT2D eigenvalue weighted by molar-refractivity contribution is -0.612. The summed E-state index contributed by atoms with van der Waals surface area (Å²) in [5, 5.41) is 14.0. The average Bonchev–Trinajstić information content (AvgIpc) is 2.74. The first kappa shape index (κ1) is 19.0. The summed E-state index contributed by atoms with van der Waals surface area (Å²) in [5.41, 5.74) is 9.11. The summed E-state index contributed by atoms with van der Waals surface area (Å²) < 4.78 is 7.73. The molecule has 1 atom stereocenters. The summed E-state index contributed by atoms with van der Waals surface area (Å²) in [4.78, 5) is 6.90. The largest absolute Gasteiger partial charge is 0.378 e. The number of nitrogens with zero attached hydrogens (tertiary/aromatic N) is 4. The fourth-order valence-electron chi connectivity index (χ4n) is 3.35. The van der Waals surface area contributed by atoms with E-state index in [4.69, 9.17) is 15.9 Å². The molecule has 0 aliphatic carbocycles. The molecule has 8 heteroatoms. The van der Waals surface area contributed by atoms with Crippen LogP contribution in [0.1, 0.15) is 18.4 Å². The first-order valence-electron chi connectivity index (χ1n) is 9.18. The zero-order valence-electron chi connectivity index (χ0n) is 15.6. The minimum atomic E-state index is -0.158. The van der Waals surface area contributed by atoms with Crippen LogP contribution in [0.3, 0.4) is 0 Å². The third kappa shape index (κ3) is 3.79. The highest BCUT2D eigenvalue weighted by Crippen LogP contribution is 2.25. The van der Waals surface area contributed by atoms with Gasteiger partial charge in [0.25, 0.3) is 5.84 Å². The Labute approximate surface area is 177 Å². The molecule has 1 fully saturated rings. The third-order valence-corrected chi connectivity index (χ3v) is 5.61. The van der Waals surface area contributed by atoms with E-state index in [1.807, 2.05) is 31.3 Å². The van der Waals surface area contributed by atoms with Crippen LogP contribution in [-0.4, -0.2) is 42.2 Å². The molecule has 7 nitrogen and oxygen atoms in total. The Morgan fingerprint density at radius 3 is 2.82 bits per heavy atom. The molecule has 4 rings (SSSR count). The van der Waals surface area contributed by atoms with E-state index in [-0.39, 0.29) is 5.92 Å². The zero-order valence-corrected chi connectivity index (χ0v) is 17.8. The number of aromatic nitrogens is 3. The van der Waals surface area contributed by atoms with Crippen molar-refractivity contribution in [2.45, 2.75) is 12.8 Å². The number of morpholine rings is 1. The van der Waals surface area contributed by atoms with E-state index >= 15 is 0 Å². The number of hydrogen-bond donors (Lipinski definition) is 2. The predicted octanol–water partition coefficient (Wildman–Crippen LogP) is 2.57. The van der Waals surface area contributed by atoms with Crippen LogP contribution in [0.5, 0.6) is 0 Å². The van der Waals surface area contributed by atoms with Crippen molar-refractivity contribution in [3.8, 4) is 0 Å². The SMILES string of the molecule is CC(C(=N)[n+]1nc(I)ccc1N)c1ccc2ncc(N3CCOCC3)cc2c1. The maximum Gasteiger partial charge on any atom is 0.261 e. The average molecular weight is 489 g/mol. The van der Waals surface area contributed by atoms with E-state index < -0.39 is 0 Å². The van der Waals surface area contributed by atoms with Gasteiger partial charge in [-0.1, -0.05) is 11.2 Å². The lowest BCUT2D eigenvalue weighted by atomic mass is 9.98. The number of fused-ring (bicyclic) bond motifs is 1. The predicted molar refractivity (Wildman–Crippen MR) is 118 cm³/mol. The number of nitrogens with two attached hydrogens (primary N) is 1. The summed E-state index contributed by atoms with van der Waals surface area (Å²) in [6.07, 6.45) is 1.92. The summed E-state index contributed by atoms with van der Waals surface area (Å²) in [7, 11) is 0.